The highest BCUT2D eigenvalue weighted by Gasteiger charge is 2.19. The summed E-state index contributed by atoms with van der Waals surface area (Å²) in [5.74, 6) is 0.327. The predicted molar refractivity (Wildman–Crippen MR) is 66.6 cm³/mol. The first-order valence-corrected chi connectivity index (χ1v) is 6.75. The van der Waals surface area contributed by atoms with Gasteiger partial charge in [-0.05, 0) is 31.5 Å². The second-order valence-electron chi connectivity index (χ2n) is 3.98. The van der Waals surface area contributed by atoms with E-state index >= 15 is 0 Å². The van der Waals surface area contributed by atoms with Gasteiger partial charge < -0.3 is 10.5 Å². The second-order valence-corrected chi connectivity index (χ2v) is 5.72. The van der Waals surface area contributed by atoms with E-state index in [1.807, 2.05) is 6.92 Å². The van der Waals surface area contributed by atoms with Crippen molar-refractivity contribution in [3.05, 3.63) is 23.8 Å². The van der Waals surface area contributed by atoms with Gasteiger partial charge >= 0.3 is 0 Å². The summed E-state index contributed by atoms with van der Waals surface area (Å²) in [5, 5.41) is 0. The third kappa shape index (κ3) is 3.69. The van der Waals surface area contributed by atoms with Gasteiger partial charge in [-0.2, -0.15) is 0 Å². The van der Waals surface area contributed by atoms with Crippen molar-refractivity contribution in [1.82, 2.24) is 4.72 Å². The zero-order chi connectivity index (χ0) is 13.1. The number of ether oxygens (including phenoxy) is 1. The molecule has 5 nitrogen and oxygen atoms in total. The van der Waals surface area contributed by atoms with Crippen molar-refractivity contribution in [2.45, 2.75) is 24.8 Å². The van der Waals surface area contributed by atoms with Gasteiger partial charge in [0.05, 0.1) is 7.11 Å². The first-order valence-electron chi connectivity index (χ1n) is 5.26. The number of hydrogen-bond acceptors (Lipinski definition) is 4. The summed E-state index contributed by atoms with van der Waals surface area (Å²) in [7, 11) is -2.14. The molecular formula is C11H18N2O3S. The minimum Gasteiger partial charge on any atom is -0.495 e. The highest BCUT2D eigenvalue weighted by atomic mass is 32.2. The Morgan fingerprint density at radius 2 is 2.12 bits per heavy atom. The Kier molecular flexibility index (Phi) is 4.50. The fraction of sp³-hybridized carbons (Fsp3) is 0.455. The van der Waals surface area contributed by atoms with Gasteiger partial charge in [-0.15, -0.1) is 0 Å². The van der Waals surface area contributed by atoms with Crippen LogP contribution in [0.3, 0.4) is 0 Å². The van der Waals surface area contributed by atoms with Gasteiger partial charge in [-0.3, -0.25) is 0 Å². The van der Waals surface area contributed by atoms with Gasteiger partial charge in [-0.25, -0.2) is 13.1 Å². The first-order chi connectivity index (χ1) is 7.86. The number of rotatable bonds is 5. The third-order valence-electron chi connectivity index (χ3n) is 2.20. The summed E-state index contributed by atoms with van der Waals surface area (Å²) in [5.41, 5.74) is 6.37. The number of nitrogens with one attached hydrogen (secondary N) is 1. The lowest BCUT2D eigenvalue weighted by Crippen LogP contribution is -2.35. The molecule has 0 radical (unpaired) electrons. The SMILES string of the molecule is COc1ccc(C)cc1S(=O)(=O)NCC(C)N. The maximum atomic E-state index is 12.0. The Morgan fingerprint density at radius 3 is 2.65 bits per heavy atom. The van der Waals surface area contributed by atoms with E-state index in [-0.39, 0.29) is 17.5 Å². The fourth-order valence-corrected chi connectivity index (χ4v) is 2.71. The van der Waals surface area contributed by atoms with E-state index in [1.54, 1.807) is 25.1 Å². The molecule has 6 heteroatoms. The smallest absolute Gasteiger partial charge is 0.244 e. The molecule has 0 aliphatic heterocycles. The van der Waals surface area contributed by atoms with E-state index in [0.29, 0.717) is 5.75 Å². The standard InChI is InChI=1S/C11H18N2O3S/c1-8-4-5-10(16-3)11(6-8)17(14,15)13-7-9(2)12/h4-6,9,13H,7,12H2,1-3H3. The number of methoxy groups -OCH3 is 1. The molecule has 1 rings (SSSR count). The van der Waals surface area contributed by atoms with E-state index in [9.17, 15) is 8.42 Å². The lowest BCUT2D eigenvalue weighted by molar-refractivity contribution is 0.402. The molecule has 1 aromatic rings. The molecule has 0 aliphatic carbocycles. The molecule has 1 unspecified atom stereocenters. The summed E-state index contributed by atoms with van der Waals surface area (Å²) in [6.45, 7) is 3.75. The van der Waals surface area contributed by atoms with Gasteiger partial charge in [0.1, 0.15) is 10.6 Å². The van der Waals surface area contributed by atoms with Crippen molar-refractivity contribution in [3.8, 4) is 5.75 Å². The number of nitrogens with two attached hydrogens (primary N) is 1. The van der Waals surface area contributed by atoms with Crippen molar-refractivity contribution >= 4 is 10.0 Å². The van der Waals surface area contributed by atoms with E-state index in [4.69, 9.17) is 10.5 Å². The number of sulfonamides is 1. The fourth-order valence-electron chi connectivity index (χ4n) is 1.31. The molecule has 0 spiro atoms. The predicted octanol–water partition coefficient (Wildman–Crippen LogP) is 0.629. The highest BCUT2D eigenvalue weighted by Crippen LogP contribution is 2.24. The zero-order valence-electron chi connectivity index (χ0n) is 10.2. The topological polar surface area (TPSA) is 81.4 Å². The molecule has 1 aromatic carbocycles. The lowest BCUT2D eigenvalue weighted by atomic mass is 10.2. The number of hydrogen-bond donors (Lipinski definition) is 2. The molecule has 1 atom stereocenters. The van der Waals surface area contributed by atoms with Crippen LogP contribution in [0.2, 0.25) is 0 Å². The van der Waals surface area contributed by atoms with Crippen LogP contribution in [0.15, 0.2) is 23.1 Å². The van der Waals surface area contributed by atoms with Gasteiger partial charge in [0.15, 0.2) is 0 Å². The average molecular weight is 258 g/mol. The lowest BCUT2D eigenvalue weighted by Gasteiger charge is -2.12. The second kappa shape index (κ2) is 5.48. The van der Waals surface area contributed by atoms with Crippen LogP contribution in [0, 0.1) is 6.92 Å². The van der Waals surface area contributed by atoms with Crippen molar-refractivity contribution in [2.75, 3.05) is 13.7 Å². The molecule has 0 bridgehead atoms. The van der Waals surface area contributed by atoms with Gasteiger partial charge in [0.2, 0.25) is 10.0 Å². The van der Waals surface area contributed by atoms with Crippen LogP contribution in [-0.2, 0) is 10.0 Å². The molecule has 0 saturated carbocycles. The van der Waals surface area contributed by atoms with Crippen LogP contribution in [0.1, 0.15) is 12.5 Å². The van der Waals surface area contributed by atoms with Crippen molar-refractivity contribution in [2.24, 2.45) is 5.73 Å². The molecule has 3 N–H and O–H groups in total. The zero-order valence-corrected chi connectivity index (χ0v) is 11.0. The minimum absolute atomic E-state index is 0.139. The molecule has 96 valence electrons. The average Bonchev–Trinajstić information content (AvgIpc) is 2.26. The first kappa shape index (κ1) is 14.0. The highest BCUT2D eigenvalue weighted by molar-refractivity contribution is 7.89. The van der Waals surface area contributed by atoms with Crippen molar-refractivity contribution in [1.29, 1.82) is 0 Å². The summed E-state index contributed by atoms with van der Waals surface area (Å²) in [6, 6.07) is 4.77. The largest absolute Gasteiger partial charge is 0.495 e. The Labute approximate surface area is 102 Å². The van der Waals surface area contributed by atoms with Crippen molar-refractivity contribution in [3.63, 3.8) is 0 Å². The van der Waals surface area contributed by atoms with Crippen LogP contribution >= 0.6 is 0 Å². The Morgan fingerprint density at radius 1 is 1.47 bits per heavy atom. The van der Waals surface area contributed by atoms with Gasteiger partial charge in [-0.1, -0.05) is 6.07 Å². The van der Waals surface area contributed by atoms with Crippen LogP contribution < -0.4 is 15.2 Å². The summed E-state index contributed by atoms with van der Waals surface area (Å²) in [6.07, 6.45) is 0. The Bertz CT molecular complexity index is 483. The molecule has 0 aliphatic rings. The van der Waals surface area contributed by atoms with Crippen LogP contribution in [0.4, 0.5) is 0 Å². The molecule has 0 fully saturated rings. The van der Waals surface area contributed by atoms with Crippen LogP contribution in [-0.4, -0.2) is 28.1 Å². The quantitative estimate of drug-likeness (QED) is 0.811. The van der Waals surface area contributed by atoms with Crippen LogP contribution in [0.25, 0.3) is 0 Å². The summed E-state index contributed by atoms with van der Waals surface area (Å²) < 4.78 is 31.5. The molecule has 0 amide bonds. The van der Waals surface area contributed by atoms with E-state index < -0.39 is 10.0 Å². The maximum absolute atomic E-state index is 12.0. The van der Waals surface area contributed by atoms with Crippen molar-refractivity contribution < 1.29 is 13.2 Å². The number of benzene rings is 1. The van der Waals surface area contributed by atoms with Crippen LogP contribution in [0.5, 0.6) is 5.75 Å². The molecule has 0 heterocycles. The normalized spacial score (nSPS) is 13.4. The van der Waals surface area contributed by atoms with E-state index in [1.165, 1.54) is 7.11 Å². The molecule has 0 saturated heterocycles. The molecule has 0 aromatic heterocycles. The van der Waals surface area contributed by atoms with E-state index in [2.05, 4.69) is 4.72 Å². The Balaban J connectivity index is 3.09. The van der Waals surface area contributed by atoms with E-state index in [0.717, 1.165) is 5.56 Å². The number of aryl methyl sites for hydroxylation is 1. The maximum Gasteiger partial charge on any atom is 0.244 e. The monoisotopic (exact) mass is 258 g/mol. The van der Waals surface area contributed by atoms with Gasteiger partial charge in [0, 0.05) is 12.6 Å². The Hall–Kier alpha value is -1.11. The summed E-state index contributed by atoms with van der Waals surface area (Å²) in [4.78, 5) is 0.139. The van der Waals surface area contributed by atoms with Gasteiger partial charge in [0.25, 0.3) is 0 Å². The minimum atomic E-state index is -3.58. The third-order valence-corrected chi connectivity index (χ3v) is 3.65. The molecular weight excluding hydrogens is 240 g/mol. The summed E-state index contributed by atoms with van der Waals surface area (Å²) >= 11 is 0. The molecule has 17 heavy (non-hydrogen) atoms.